The van der Waals surface area contributed by atoms with Gasteiger partial charge in [0, 0.05) is 26.3 Å². The Hall–Kier alpha value is -2.31. The smallest absolute Gasteiger partial charge is 0.355 e. The van der Waals surface area contributed by atoms with Crippen molar-refractivity contribution < 1.29 is 22.7 Å². The predicted molar refractivity (Wildman–Crippen MR) is 87.6 cm³/mol. The van der Waals surface area contributed by atoms with Gasteiger partial charge in [0.15, 0.2) is 6.61 Å². The van der Waals surface area contributed by atoms with Crippen LogP contribution in [0.4, 0.5) is 0 Å². The number of sulfonamides is 1. The zero-order valence-corrected chi connectivity index (χ0v) is 14.7. The van der Waals surface area contributed by atoms with Crippen LogP contribution in [0.2, 0.25) is 0 Å². The fourth-order valence-corrected chi connectivity index (χ4v) is 3.53. The molecule has 0 saturated carbocycles. The van der Waals surface area contributed by atoms with E-state index in [0.717, 1.165) is 0 Å². The Balaban J connectivity index is 2.89. The molecule has 1 amide bonds. The number of hydrogen-bond acceptors (Lipinski definition) is 5. The molecule has 1 heterocycles. The average Bonchev–Trinajstić information content (AvgIpc) is 2.94. The molecule has 8 nitrogen and oxygen atoms in total. The molecule has 0 aromatic carbocycles. The van der Waals surface area contributed by atoms with Crippen LogP contribution in [-0.2, 0) is 26.6 Å². The van der Waals surface area contributed by atoms with E-state index in [0.29, 0.717) is 13.1 Å². The highest BCUT2D eigenvalue weighted by atomic mass is 32.2. The van der Waals surface area contributed by atoms with Gasteiger partial charge in [0.1, 0.15) is 10.6 Å². The van der Waals surface area contributed by atoms with Crippen LogP contribution in [0, 0.1) is 12.3 Å². The fraction of sp³-hybridized carbons (Fsp3) is 0.467. The summed E-state index contributed by atoms with van der Waals surface area (Å²) in [4.78, 5) is 23.4. The van der Waals surface area contributed by atoms with E-state index in [2.05, 4.69) is 11.2 Å². The summed E-state index contributed by atoms with van der Waals surface area (Å²) in [5.41, 5.74) is 0.0329. The molecule has 0 saturated heterocycles. The second-order valence-electron chi connectivity index (χ2n) is 4.82. The molecule has 0 bridgehead atoms. The summed E-state index contributed by atoms with van der Waals surface area (Å²) < 4.78 is 32.4. The minimum Gasteiger partial charge on any atom is -0.451 e. The quantitative estimate of drug-likeness (QED) is 0.521. The first kappa shape index (κ1) is 19.7. The van der Waals surface area contributed by atoms with Crippen molar-refractivity contribution >= 4 is 21.9 Å². The monoisotopic (exact) mass is 355 g/mol. The molecule has 1 rings (SSSR count). The lowest BCUT2D eigenvalue weighted by atomic mass is 10.4. The first-order chi connectivity index (χ1) is 11.3. The van der Waals surface area contributed by atoms with Crippen LogP contribution < -0.4 is 5.32 Å². The number of carbonyl (C=O) groups excluding carboxylic acids is 2. The number of nitrogens with one attached hydrogen (secondary N) is 1. The minimum absolute atomic E-state index is 0.00238. The van der Waals surface area contributed by atoms with Gasteiger partial charge in [0.05, 0.1) is 6.54 Å². The average molecular weight is 355 g/mol. The van der Waals surface area contributed by atoms with E-state index in [4.69, 9.17) is 11.2 Å². The molecule has 132 valence electrons. The Kier molecular flexibility index (Phi) is 7.00. The van der Waals surface area contributed by atoms with E-state index in [9.17, 15) is 18.0 Å². The van der Waals surface area contributed by atoms with Gasteiger partial charge in [0.25, 0.3) is 5.91 Å². The van der Waals surface area contributed by atoms with E-state index in [1.54, 1.807) is 13.8 Å². The topological polar surface area (TPSA) is 97.7 Å². The molecule has 0 atom stereocenters. The molecule has 0 fully saturated rings. The van der Waals surface area contributed by atoms with Gasteiger partial charge in [-0.25, -0.2) is 13.2 Å². The molecule has 0 radical (unpaired) electrons. The lowest BCUT2D eigenvalue weighted by molar-refractivity contribution is -0.123. The second-order valence-corrected chi connectivity index (χ2v) is 6.76. The highest BCUT2D eigenvalue weighted by Gasteiger charge is 2.26. The van der Waals surface area contributed by atoms with Crippen molar-refractivity contribution in [2.45, 2.75) is 18.7 Å². The van der Waals surface area contributed by atoms with Gasteiger partial charge in [-0.15, -0.1) is 6.42 Å². The molecular weight excluding hydrogens is 334 g/mol. The van der Waals surface area contributed by atoms with Crippen LogP contribution in [0.15, 0.2) is 17.2 Å². The van der Waals surface area contributed by atoms with E-state index in [1.807, 2.05) is 0 Å². The third kappa shape index (κ3) is 4.59. The van der Waals surface area contributed by atoms with E-state index >= 15 is 0 Å². The summed E-state index contributed by atoms with van der Waals surface area (Å²) >= 11 is 0. The molecular formula is C15H21N3O5S. The summed E-state index contributed by atoms with van der Waals surface area (Å²) in [6.45, 7) is 3.64. The maximum atomic E-state index is 12.4. The highest BCUT2D eigenvalue weighted by molar-refractivity contribution is 7.89. The zero-order chi connectivity index (χ0) is 18.3. The van der Waals surface area contributed by atoms with Crippen molar-refractivity contribution in [2.24, 2.45) is 7.05 Å². The number of ether oxygens (including phenoxy) is 1. The van der Waals surface area contributed by atoms with Crippen LogP contribution in [0.1, 0.15) is 24.3 Å². The van der Waals surface area contributed by atoms with Crippen molar-refractivity contribution in [3.8, 4) is 12.3 Å². The highest BCUT2D eigenvalue weighted by Crippen LogP contribution is 2.18. The number of amides is 1. The van der Waals surface area contributed by atoms with Gasteiger partial charge < -0.3 is 14.6 Å². The standard InChI is InChI=1S/C15H21N3O5S/c1-5-8-16-14(19)11-23-15(20)13-9-12(10-17(13)4)24(21,22)18(6-2)7-3/h1,9-10H,6-8,11H2,2-4H3,(H,16,19). The normalized spacial score (nSPS) is 11.1. The SMILES string of the molecule is C#CCNC(=O)COC(=O)c1cc(S(=O)(=O)N(CC)CC)cn1C. The maximum absolute atomic E-state index is 12.4. The Morgan fingerprint density at radius 1 is 1.38 bits per heavy atom. The molecule has 1 aromatic rings. The number of rotatable bonds is 8. The predicted octanol–water partition coefficient (Wildman–Crippen LogP) is -0.0382. The summed E-state index contributed by atoms with van der Waals surface area (Å²) in [7, 11) is -2.15. The number of esters is 1. The van der Waals surface area contributed by atoms with Gasteiger partial charge in [-0.1, -0.05) is 19.8 Å². The third-order valence-electron chi connectivity index (χ3n) is 3.25. The Labute approximate surface area is 141 Å². The molecule has 24 heavy (non-hydrogen) atoms. The summed E-state index contributed by atoms with van der Waals surface area (Å²) in [5.74, 6) is 0.888. The van der Waals surface area contributed by atoms with Crippen molar-refractivity contribution in [3.63, 3.8) is 0 Å². The third-order valence-corrected chi connectivity index (χ3v) is 5.27. The van der Waals surface area contributed by atoms with Crippen LogP contribution in [0.25, 0.3) is 0 Å². The number of hydrogen-bond donors (Lipinski definition) is 1. The molecule has 0 spiro atoms. The van der Waals surface area contributed by atoms with E-state index in [-0.39, 0.29) is 17.1 Å². The lowest BCUT2D eigenvalue weighted by Crippen LogP contribution is -2.30. The van der Waals surface area contributed by atoms with Crippen LogP contribution in [0.3, 0.4) is 0 Å². The maximum Gasteiger partial charge on any atom is 0.355 e. The second kappa shape index (κ2) is 8.52. The van der Waals surface area contributed by atoms with Gasteiger partial charge >= 0.3 is 5.97 Å². The van der Waals surface area contributed by atoms with Gasteiger partial charge in [-0.3, -0.25) is 4.79 Å². The van der Waals surface area contributed by atoms with Gasteiger partial charge in [-0.2, -0.15) is 4.31 Å². The van der Waals surface area contributed by atoms with E-state index in [1.165, 1.54) is 28.2 Å². The summed E-state index contributed by atoms with van der Waals surface area (Å²) in [6, 6.07) is 1.23. The summed E-state index contributed by atoms with van der Waals surface area (Å²) in [6.07, 6.45) is 6.33. The molecule has 0 aliphatic heterocycles. The van der Waals surface area contributed by atoms with Gasteiger partial charge in [0.2, 0.25) is 10.0 Å². The van der Waals surface area contributed by atoms with Gasteiger partial charge in [-0.05, 0) is 6.07 Å². The van der Waals surface area contributed by atoms with E-state index < -0.39 is 28.5 Å². The van der Waals surface area contributed by atoms with Crippen LogP contribution in [-0.4, -0.2) is 55.4 Å². The minimum atomic E-state index is -3.68. The van der Waals surface area contributed by atoms with Crippen molar-refractivity contribution in [3.05, 3.63) is 18.0 Å². The first-order valence-corrected chi connectivity index (χ1v) is 8.75. The number of aryl methyl sites for hydroxylation is 1. The molecule has 0 unspecified atom stereocenters. The fourth-order valence-electron chi connectivity index (χ4n) is 2.00. The first-order valence-electron chi connectivity index (χ1n) is 7.31. The molecule has 1 aromatic heterocycles. The Bertz CT molecular complexity index is 742. The molecule has 1 N–H and O–H groups in total. The number of aromatic nitrogens is 1. The molecule has 0 aliphatic carbocycles. The Morgan fingerprint density at radius 3 is 2.54 bits per heavy atom. The van der Waals surface area contributed by atoms with Crippen molar-refractivity contribution in [2.75, 3.05) is 26.2 Å². The van der Waals surface area contributed by atoms with Crippen molar-refractivity contribution in [1.29, 1.82) is 0 Å². The zero-order valence-electron chi connectivity index (χ0n) is 13.9. The number of carbonyl (C=O) groups is 2. The lowest BCUT2D eigenvalue weighted by Gasteiger charge is -2.17. The largest absolute Gasteiger partial charge is 0.451 e. The van der Waals surface area contributed by atoms with Crippen LogP contribution >= 0.6 is 0 Å². The number of terminal acetylenes is 1. The van der Waals surface area contributed by atoms with Crippen LogP contribution in [0.5, 0.6) is 0 Å². The van der Waals surface area contributed by atoms with Crippen molar-refractivity contribution in [1.82, 2.24) is 14.2 Å². The molecule has 0 aliphatic rings. The number of nitrogens with zero attached hydrogens (tertiary/aromatic N) is 2. The Morgan fingerprint density at radius 2 is 2.00 bits per heavy atom. The molecule has 9 heteroatoms. The summed E-state index contributed by atoms with van der Waals surface area (Å²) in [5, 5.41) is 2.35.